The summed E-state index contributed by atoms with van der Waals surface area (Å²) in [5.41, 5.74) is 2.97. The number of rotatable bonds is 6. The second-order valence-electron chi connectivity index (χ2n) is 5.32. The molecule has 0 bridgehead atoms. The zero-order valence-corrected chi connectivity index (χ0v) is 13.5. The minimum atomic E-state index is -0.0901. The number of nitrogens with zero attached hydrogens (tertiary/aromatic N) is 1. The molecule has 3 rings (SSSR count). The average molecular weight is 323 g/mol. The minimum Gasteiger partial charge on any atom is -0.487 e. The number of carbonyl (C=O) groups excluding carboxylic acids is 1. The van der Waals surface area contributed by atoms with Crippen LogP contribution in [0.2, 0.25) is 0 Å². The van der Waals surface area contributed by atoms with Crippen LogP contribution in [0.15, 0.2) is 60.7 Å². The fourth-order valence-corrected chi connectivity index (χ4v) is 2.46. The van der Waals surface area contributed by atoms with Gasteiger partial charge >= 0.3 is 0 Å². The summed E-state index contributed by atoms with van der Waals surface area (Å²) in [6, 6.07) is 19.8. The lowest BCUT2D eigenvalue weighted by atomic mass is 10.1. The van der Waals surface area contributed by atoms with Crippen molar-refractivity contribution in [2.24, 2.45) is 0 Å². The van der Waals surface area contributed by atoms with Crippen molar-refractivity contribution in [1.82, 2.24) is 4.98 Å². The Morgan fingerprint density at radius 1 is 1.00 bits per heavy atom. The van der Waals surface area contributed by atoms with E-state index in [4.69, 9.17) is 4.74 Å². The fourth-order valence-electron chi connectivity index (χ4n) is 2.35. The van der Waals surface area contributed by atoms with E-state index in [1.807, 2.05) is 54.6 Å². The SMILES string of the molecule is O=C(S)CCc1ccc(OCc2ccc3ccccc3n2)cc1. The summed E-state index contributed by atoms with van der Waals surface area (Å²) in [6.07, 6.45) is 1.15. The van der Waals surface area contributed by atoms with Crippen LogP contribution in [0.25, 0.3) is 10.9 Å². The first-order valence-electron chi connectivity index (χ1n) is 7.49. The van der Waals surface area contributed by atoms with Crippen molar-refractivity contribution in [2.75, 3.05) is 0 Å². The number of hydrogen-bond acceptors (Lipinski definition) is 3. The monoisotopic (exact) mass is 323 g/mol. The van der Waals surface area contributed by atoms with Gasteiger partial charge in [-0.05, 0) is 36.2 Å². The largest absolute Gasteiger partial charge is 0.487 e. The predicted octanol–water partition coefficient (Wildman–Crippen LogP) is 4.20. The van der Waals surface area contributed by atoms with Gasteiger partial charge < -0.3 is 4.74 Å². The number of aromatic nitrogens is 1. The first-order valence-corrected chi connectivity index (χ1v) is 7.94. The van der Waals surface area contributed by atoms with E-state index in [1.165, 1.54) is 0 Å². The summed E-state index contributed by atoms with van der Waals surface area (Å²) in [4.78, 5) is 15.5. The number of carbonyl (C=O) groups is 1. The Kier molecular flexibility index (Phi) is 4.93. The molecule has 0 unspecified atom stereocenters. The Bertz CT molecular complexity index is 815. The number of ether oxygens (including phenoxy) is 1. The van der Waals surface area contributed by atoms with Crippen molar-refractivity contribution in [1.29, 1.82) is 0 Å². The van der Waals surface area contributed by atoms with Gasteiger partial charge in [0.1, 0.15) is 12.4 Å². The lowest BCUT2D eigenvalue weighted by molar-refractivity contribution is -0.110. The smallest absolute Gasteiger partial charge is 0.186 e. The highest BCUT2D eigenvalue weighted by atomic mass is 32.1. The third kappa shape index (κ3) is 4.33. The van der Waals surface area contributed by atoms with Crippen LogP contribution in [0.1, 0.15) is 17.7 Å². The Labute approximate surface area is 140 Å². The molecule has 0 saturated carbocycles. The molecule has 0 saturated heterocycles. The zero-order chi connectivity index (χ0) is 16.1. The van der Waals surface area contributed by atoms with Crippen LogP contribution in [0.3, 0.4) is 0 Å². The molecule has 0 aliphatic heterocycles. The predicted molar refractivity (Wildman–Crippen MR) is 94.8 cm³/mol. The van der Waals surface area contributed by atoms with E-state index in [-0.39, 0.29) is 5.12 Å². The van der Waals surface area contributed by atoms with Crippen molar-refractivity contribution in [3.05, 3.63) is 71.9 Å². The van der Waals surface area contributed by atoms with Crippen molar-refractivity contribution in [3.63, 3.8) is 0 Å². The summed E-state index contributed by atoms with van der Waals surface area (Å²) in [5, 5.41) is 1.03. The van der Waals surface area contributed by atoms with Gasteiger partial charge in [-0.25, -0.2) is 4.98 Å². The van der Waals surface area contributed by atoms with Gasteiger partial charge in [-0.1, -0.05) is 36.4 Å². The Morgan fingerprint density at radius 3 is 2.57 bits per heavy atom. The quantitative estimate of drug-likeness (QED) is 0.691. The molecule has 4 heteroatoms. The lowest BCUT2D eigenvalue weighted by Gasteiger charge is -2.07. The number of benzene rings is 2. The highest BCUT2D eigenvalue weighted by Crippen LogP contribution is 2.17. The second-order valence-corrected chi connectivity index (χ2v) is 5.82. The number of pyridine rings is 1. The molecule has 3 aromatic rings. The van der Waals surface area contributed by atoms with E-state index >= 15 is 0 Å². The maximum absolute atomic E-state index is 10.9. The normalized spacial score (nSPS) is 10.7. The minimum absolute atomic E-state index is 0.0901. The number of fused-ring (bicyclic) bond motifs is 1. The second kappa shape index (κ2) is 7.29. The standard InChI is InChI=1S/C19H17NO2S/c21-19(23)12-7-14-5-10-17(11-6-14)22-13-16-9-8-15-3-1-2-4-18(15)20-16/h1-6,8-11H,7,12-13H2,(H,21,23). The van der Waals surface area contributed by atoms with Crippen LogP contribution in [0.4, 0.5) is 0 Å². The highest BCUT2D eigenvalue weighted by Gasteiger charge is 2.01. The summed E-state index contributed by atoms with van der Waals surface area (Å²) in [6.45, 7) is 0.430. The third-order valence-electron chi connectivity index (χ3n) is 3.59. The molecule has 0 radical (unpaired) electrons. The molecule has 0 aliphatic carbocycles. The maximum atomic E-state index is 10.9. The van der Waals surface area contributed by atoms with Crippen LogP contribution < -0.4 is 4.74 Å². The molecule has 116 valence electrons. The number of hydrogen-bond donors (Lipinski definition) is 1. The van der Waals surface area contributed by atoms with E-state index in [9.17, 15) is 4.79 Å². The van der Waals surface area contributed by atoms with E-state index in [2.05, 4.69) is 23.7 Å². The molecule has 0 amide bonds. The van der Waals surface area contributed by atoms with Crippen molar-refractivity contribution < 1.29 is 9.53 Å². The zero-order valence-electron chi connectivity index (χ0n) is 12.6. The molecule has 23 heavy (non-hydrogen) atoms. The highest BCUT2D eigenvalue weighted by molar-refractivity contribution is 7.96. The summed E-state index contributed by atoms with van der Waals surface area (Å²) in [7, 11) is 0. The summed E-state index contributed by atoms with van der Waals surface area (Å²) in [5.74, 6) is 0.793. The fraction of sp³-hybridized carbons (Fsp3) is 0.158. The Balaban J connectivity index is 1.61. The van der Waals surface area contributed by atoms with Crippen LogP contribution in [0, 0.1) is 0 Å². The van der Waals surface area contributed by atoms with E-state index in [0.717, 1.165) is 27.9 Å². The summed E-state index contributed by atoms with van der Waals surface area (Å²) < 4.78 is 5.78. The molecule has 0 fully saturated rings. The number of para-hydroxylation sites is 1. The van der Waals surface area contributed by atoms with E-state index in [1.54, 1.807) is 0 Å². The number of aryl methyl sites for hydroxylation is 1. The van der Waals surface area contributed by atoms with Crippen LogP contribution in [0.5, 0.6) is 5.75 Å². The molecule has 0 aliphatic rings. The number of thiol groups is 1. The van der Waals surface area contributed by atoms with Gasteiger partial charge in [-0.15, -0.1) is 12.6 Å². The van der Waals surface area contributed by atoms with Gasteiger partial charge in [0.05, 0.1) is 11.2 Å². The third-order valence-corrected chi connectivity index (χ3v) is 3.82. The Hall–Kier alpha value is -2.33. The van der Waals surface area contributed by atoms with E-state index in [0.29, 0.717) is 19.4 Å². The van der Waals surface area contributed by atoms with Crippen molar-refractivity contribution >= 4 is 28.6 Å². The van der Waals surface area contributed by atoms with Gasteiger partial charge in [-0.3, -0.25) is 4.79 Å². The first kappa shape index (κ1) is 15.6. The molecule has 2 aromatic carbocycles. The van der Waals surface area contributed by atoms with Gasteiger partial charge in [0.2, 0.25) is 0 Å². The van der Waals surface area contributed by atoms with Gasteiger partial charge in [0.15, 0.2) is 5.12 Å². The van der Waals surface area contributed by atoms with Crippen LogP contribution in [-0.4, -0.2) is 10.1 Å². The Morgan fingerprint density at radius 2 is 1.78 bits per heavy atom. The van der Waals surface area contributed by atoms with Crippen molar-refractivity contribution in [3.8, 4) is 5.75 Å². The van der Waals surface area contributed by atoms with Crippen LogP contribution >= 0.6 is 12.6 Å². The van der Waals surface area contributed by atoms with E-state index < -0.39 is 0 Å². The van der Waals surface area contributed by atoms with Crippen molar-refractivity contribution in [2.45, 2.75) is 19.4 Å². The summed E-state index contributed by atoms with van der Waals surface area (Å²) >= 11 is 3.78. The molecule has 0 N–H and O–H groups in total. The molecule has 3 nitrogen and oxygen atoms in total. The van der Waals surface area contributed by atoms with Gasteiger partial charge in [-0.2, -0.15) is 0 Å². The van der Waals surface area contributed by atoms with Crippen LogP contribution in [-0.2, 0) is 17.8 Å². The first-order chi connectivity index (χ1) is 11.2. The molecular formula is C19H17NO2S. The maximum Gasteiger partial charge on any atom is 0.186 e. The molecule has 1 heterocycles. The topological polar surface area (TPSA) is 39.2 Å². The molecule has 1 aromatic heterocycles. The van der Waals surface area contributed by atoms with Gasteiger partial charge in [0, 0.05) is 11.8 Å². The molecule has 0 atom stereocenters. The molecule has 0 spiro atoms. The van der Waals surface area contributed by atoms with Gasteiger partial charge in [0.25, 0.3) is 0 Å². The molecular weight excluding hydrogens is 306 g/mol. The average Bonchev–Trinajstić information content (AvgIpc) is 2.59. The lowest BCUT2D eigenvalue weighted by Crippen LogP contribution is -1.98.